The fourth-order valence-electron chi connectivity index (χ4n) is 4.24. The average Bonchev–Trinajstić information content (AvgIpc) is 3.49. The van der Waals surface area contributed by atoms with E-state index in [1.54, 1.807) is 24.3 Å². The number of amides is 1. The van der Waals surface area contributed by atoms with Gasteiger partial charge in [0.2, 0.25) is 15.9 Å². The molecular weight excluding hydrogens is 422 g/mol. The Labute approximate surface area is 181 Å². The molecular formula is C21H27N3O4S2. The Morgan fingerprint density at radius 3 is 2.80 bits per heavy atom. The third-order valence-corrected chi connectivity index (χ3v) is 8.69. The number of carbonyl (C=O) groups is 1. The lowest BCUT2D eigenvalue weighted by atomic mass is 9.98. The van der Waals surface area contributed by atoms with Gasteiger partial charge < -0.3 is 9.84 Å². The van der Waals surface area contributed by atoms with Crippen LogP contribution in [0.1, 0.15) is 54.9 Å². The highest BCUT2D eigenvalue weighted by atomic mass is 32.2. The third kappa shape index (κ3) is 4.53. The molecule has 9 heteroatoms. The highest BCUT2D eigenvalue weighted by Gasteiger charge is 2.37. The van der Waals surface area contributed by atoms with Crippen LogP contribution in [0.4, 0.5) is 0 Å². The van der Waals surface area contributed by atoms with Crippen molar-refractivity contribution in [3.05, 3.63) is 33.8 Å². The first-order valence-corrected chi connectivity index (χ1v) is 12.8. The normalized spacial score (nSPS) is 21.4. The summed E-state index contributed by atoms with van der Waals surface area (Å²) in [5, 5.41) is 8.96. The molecule has 2 fully saturated rings. The summed E-state index contributed by atoms with van der Waals surface area (Å²) in [4.78, 5) is 13.8. The summed E-state index contributed by atoms with van der Waals surface area (Å²) in [6, 6.07) is 4.10. The van der Waals surface area contributed by atoms with Crippen LogP contribution < -0.4 is 5.32 Å². The van der Waals surface area contributed by atoms with E-state index >= 15 is 0 Å². The van der Waals surface area contributed by atoms with Gasteiger partial charge >= 0.3 is 0 Å². The molecule has 2 aliphatic rings. The van der Waals surface area contributed by atoms with Crippen molar-refractivity contribution in [2.24, 2.45) is 5.92 Å². The number of carbonyl (C=O) groups excluding carboxylic acids is 1. The molecule has 0 bridgehead atoms. The van der Waals surface area contributed by atoms with Crippen LogP contribution in [0, 0.1) is 12.8 Å². The van der Waals surface area contributed by atoms with Crippen LogP contribution in [0.15, 0.2) is 26.9 Å². The van der Waals surface area contributed by atoms with Crippen LogP contribution in [0.2, 0.25) is 0 Å². The lowest BCUT2D eigenvalue weighted by Gasteiger charge is -2.31. The molecule has 7 nitrogen and oxygen atoms in total. The van der Waals surface area contributed by atoms with Gasteiger partial charge in [-0.3, -0.25) is 4.79 Å². The molecule has 30 heavy (non-hydrogen) atoms. The lowest BCUT2D eigenvalue weighted by molar-refractivity contribution is -0.126. The van der Waals surface area contributed by atoms with Gasteiger partial charge in [0.1, 0.15) is 5.69 Å². The molecule has 2 aromatic heterocycles. The second-order valence-corrected chi connectivity index (χ2v) is 10.9. The van der Waals surface area contributed by atoms with Crippen molar-refractivity contribution in [1.82, 2.24) is 14.8 Å². The van der Waals surface area contributed by atoms with E-state index in [1.165, 1.54) is 4.31 Å². The largest absolute Gasteiger partial charge is 0.355 e. The van der Waals surface area contributed by atoms with Crippen LogP contribution in [0.5, 0.6) is 0 Å². The van der Waals surface area contributed by atoms with Crippen molar-refractivity contribution in [3.8, 4) is 0 Å². The smallest absolute Gasteiger partial charge is 0.248 e. The van der Waals surface area contributed by atoms with Crippen LogP contribution in [0.25, 0.3) is 12.2 Å². The number of aryl methyl sites for hydroxylation is 1. The first-order chi connectivity index (χ1) is 14.4. The number of nitrogens with zero attached hydrogens (tertiary/aromatic N) is 2. The second kappa shape index (κ2) is 9.03. The first kappa shape index (κ1) is 21.3. The Morgan fingerprint density at radius 2 is 2.07 bits per heavy atom. The highest BCUT2D eigenvalue weighted by molar-refractivity contribution is 7.89. The molecule has 1 saturated heterocycles. The van der Waals surface area contributed by atoms with Crippen LogP contribution in [0.3, 0.4) is 0 Å². The van der Waals surface area contributed by atoms with E-state index in [4.69, 9.17) is 4.52 Å². The van der Waals surface area contributed by atoms with Gasteiger partial charge in [-0.2, -0.15) is 4.31 Å². The number of hydrogen-bond acceptors (Lipinski definition) is 6. The van der Waals surface area contributed by atoms with E-state index in [-0.39, 0.29) is 35.1 Å². The Balaban J connectivity index is 1.51. The molecule has 1 amide bonds. The van der Waals surface area contributed by atoms with E-state index in [2.05, 4.69) is 10.5 Å². The van der Waals surface area contributed by atoms with Gasteiger partial charge in [-0.1, -0.05) is 24.1 Å². The quantitative estimate of drug-likeness (QED) is 0.726. The fourth-order valence-corrected chi connectivity index (χ4v) is 6.63. The van der Waals surface area contributed by atoms with E-state index in [0.717, 1.165) is 30.6 Å². The van der Waals surface area contributed by atoms with Crippen LogP contribution in [-0.4, -0.2) is 42.9 Å². The average molecular weight is 450 g/mol. The van der Waals surface area contributed by atoms with E-state index in [9.17, 15) is 13.2 Å². The SMILES string of the molecule is Cc1noc(/C=C/c2cccs2)c1S(=O)(=O)N1CCC[C@@H](C(=O)NC2CCCC2)C1. The van der Waals surface area contributed by atoms with Gasteiger partial charge in [0.25, 0.3) is 0 Å². The highest BCUT2D eigenvalue weighted by Crippen LogP contribution is 2.30. The standard InChI is InChI=1S/C21H27N3O4S2/c1-15-20(19(28-23-15)11-10-18-9-5-13-29-18)30(26,27)24-12-4-6-16(14-24)21(25)22-17-7-2-3-8-17/h5,9-11,13,16-17H,2-4,6-8,12,14H2,1H3,(H,22,25)/b11-10+/t16-/m1/s1. The zero-order valence-corrected chi connectivity index (χ0v) is 18.7. The zero-order chi connectivity index (χ0) is 21.1. The number of piperidine rings is 1. The molecule has 3 heterocycles. The predicted molar refractivity (Wildman–Crippen MR) is 116 cm³/mol. The van der Waals surface area contributed by atoms with E-state index in [0.29, 0.717) is 25.1 Å². The Hall–Kier alpha value is -1.97. The van der Waals surface area contributed by atoms with Gasteiger partial charge in [-0.15, -0.1) is 11.3 Å². The first-order valence-electron chi connectivity index (χ1n) is 10.4. The summed E-state index contributed by atoms with van der Waals surface area (Å²) >= 11 is 1.55. The molecule has 0 unspecified atom stereocenters. The van der Waals surface area contributed by atoms with Crippen LogP contribution >= 0.6 is 11.3 Å². The molecule has 1 N–H and O–H groups in total. The molecule has 0 radical (unpaired) electrons. The molecule has 0 aromatic carbocycles. The maximum absolute atomic E-state index is 13.4. The maximum Gasteiger partial charge on any atom is 0.248 e. The summed E-state index contributed by atoms with van der Waals surface area (Å²) in [5.74, 6) is -0.125. The zero-order valence-electron chi connectivity index (χ0n) is 17.0. The lowest BCUT2D eigenvalue weighted by Crippen LogP contribution is -2.47. The van der Waals surface area contributed by atoms with Crippen molar-refractivity contribution >= 4 is 39.4 Å². The van der Waals surface area contributed by atoms with Gasteiger partial charge in [0.15, 0.2) is 10.7 Å². The summed E-state index contributed by atoms with van der Waals surface area (Å²) in [6.45, 7) is 2.22. The van der Waals surface area contributed by atoms with Crippen molar-refractivity contribution < 1.29 is 17.7 Å². The Kier molecular flexibility index (Phi) is 6.40. The molecule has 1 aliphatic carbocycles. The van der Waals surface area contributed by atoms with Crippen molar-refractivity contribution in [1.29, 1.82) is 0 Å². The van der Waals surface area contributed by atoms with Crippen molar-refractivity contribution in [2.45, 2.75) is 56.4 Å². The number of rotatable bonds is 6. The van der Waals surface area contributed by atoms with E-state index < -0.39 is 10.0 Å². The number of thiophene rings is 1. The topological polar surface area (TPSA) is 92.5 Å². The fraction of sp³-hybridized carbons (Fsp3) is 0.524. The summed E-state index contributed by atoms with van der Waals surface area (Å²) < 4.78 is 33.6. The Morgan fingerprint density at radius 1 is 1.27 bits per heavy atom. The number of aromatic nitrogens is 1. The molecule has 1 saturated carbocycles. The summed E-state index contributed by atoms with van der Waals surface area (Å²) in [5.41, 5.74) is 0.332. The number of hydrogen-bond donors (Lipinski definition) is 1. The minimum absolute atomic E-state index is 0.0262. The molecule has 2 aromatic rings. The van der Waals surface area contributed by atoms with Crippen molar-refractivity contribution in [3.63, 3.8) is 0 Å². The predicted octanol–water partition coefficient (Wildman–Crippen LogP) is 3.67. The summed E-state index contributed by atoms with van der Waals surface area (Å²) in [7, 11) is -3.82. The minimum atomic E-state index is -3.82. The van der Waals surface area contributed by atoms with Gasteiger partial charge in [0.05, 0.1) is 5.92 Å². The minimum Gasteiger partial charge on any atom is -0.355 e. The van der Waals surface area contributed by atoms with Crippen molar-refractivity contribution in [2.75, 3.05) is 13.1 Å². The molecule has 1 atom stereocenters. The third-order valence-electron chi connectivity index (χ3n) is 5.83. The van der Waals surface area contributed by atoms with Crippen LogP contribution in [-0.2, 0) is 14.8 Å². The maximum atomic E-state index is 13.4. The number of sulfonamides is 1. The molecule has 4 rings (SSSR count). The van der Waals surface area contributed by atoms with Gasteiger partial charge in [-0.05, 0) is 56.2 Å². The molecule has 0 spiro atoms. The second-order valence-electron chi connectivity index (χ2n) is 8.00. The Bertz CT molecular complexity index is 1010. The van der Waals surface area contributed by atoms with Gasteiger partial charge in [-0.25, -0.2) is 8.42 Å². The molecule has 162 valence electrons. The summed E-state index contributed by atoms with van der Waals surface area (Å²) in [6.07, 6.45) is 9.14. The number of nitrogens with one attached hydrogen (secondary N) is 1. The van der Waals surface area contributed by atoms with E-state index in [1.807, 2.05) is 23.6 Å². The molecule has 1 aliphatic heterocycles. The van der Waals surface area contributed by atoms with Gasteiger partial charge in [0, 0.05) is 24.0 Å². The monoisotopic (exact) mass is 449 g/mol.